The van der Waals surface area contributed by atoms with Crippen molar-refractivity contribution in [2.75, 3.05) is 47.1 Å². The molecule has 0 radical (unpaired) electrons. The Labute approximate surface area is 113 Å². The monoisotopic (exact) mass is 276 g/mol. The quantitative estimate of drug-likeness (QED) is 0.603. The summed E-state index contributed by atoms with van der Waals surface area (Å²) in [5.74, 6) is -1.32. The first-order valence-corrected chi connectivity index (χ1v) is 6.26. The summed E-state index contributed by atoms with van der Waals surface area (Å²) in [6.07, 6.45) is 0.406. The molecular formula is C12H24N2O5. The molecule has 1 unspecified atom stereocenters. The number of amides is 2. The number of hydrogen-bond acceptors (Lipinski definition) is 4. The number of nitrogens with one attached hydrogen (secondary N) is 1. The number of aliphatic carboxylic acids is 1. The Morgan fingerprint density at radius 2 is 1.74 bits per heavy atom. The van der Waals surface area contributed by atoms with Crippen molar-refractivity contribution in [3.05, 3.63) is 0 Å². The molecular weight excluding hydrogens is 252 g/mol. The van der Waals surface area contributed by atoms with Gasteiger partial charge in [0, 0.05) is 33.9 Å². The Balaban J connectivity index is 4.04. The van der Waals surface area contributed by atoms with Crippen LogP contribution in [0.15, 0.2) is 0 Å². The summed E-state index contributed by atoms with van der Waals surface area (Å²) in [5.41, 5.74) is 0. The standard InChI is InChI=1S/C12H24N2O5/c1-10(11(15)16)4-5-13-12(17)14(6-8-18-2)7-9-19-3/h10H,4-9H2,1-3H3,(H,13,17)(H,15,16). The summed E-state index contributed by atoms with van der Waals surface area (Å²) in [6.45, 7) is 3.79. The van der Waals surface area contributed by atoms with Gasteiger partial charge in [0.15, 0.2) is 0 Å². The van der Waals surface area contributed by atoms with Gasteiger partial charge in [0.25, 0.3) is 0 Å². The molecule has 0 spiro atoms. The van der Waals surface area contributed by atoms with Crippen LogP contribution in [0.1, 0.15) is 13.3 Å². The third kappa shape index (κ3) is 8.39. The van der Waals surface area contributed by atoms with Gasteiger partial charge in [-0.05, 0) is 6.42 Å². The second-order valence-corrected chi connectivity index (χ2v) is 4.23. The van der Waals surface area contributed by atoms with E-state index in [1.54, 1.807) is 26.0 Å². The average molecular weight is 276 g/mol. The van der Waals surface area contributed by atoms with Gasteiger partial charge in [-0.15, -0.1) is 0 Å². The highest BCUT2D eigenvalue weighted by Gasteiger charge is 2.14. The zero-order chi connectivity index (χ0) is 14.7. The van der Waals surface area contributed by atoms with Gasteiger partial charge in [0.2, 0.25) is 0 Å². The number of carboxylic acid groups (broad SMARTS) is 1. The van der Waals surface area contributed by atoms with Gasteiger partial charge in [0.05, 0.1) is 19.1 Å². The van der Waals surface area contributed by atoms with Crippen molar-refractivity contribution in [1.29, 1.82) is 0 Å². The van der Waals surface area contributed by atoms with Crippen molar-refractivity contribution < 1.29 is 24.2 Å². The minimum atomic E-state index is -0.857. The van der Waals surface area contributed by atoms with Crippen LogP contribution in [0.25, 0.3) is 0 Å². The van der Waals surface area contributed by atoms with Crippen LogP contribution in [-0.4, -0.2) is 69.1 Å². The van der Waals surface area contributed by atoms with E-state index in [0.717, 1.165) is 0 Å². The number of hydrogen-bond donors (Lipinski definition) is 2. The summed E-state index contributed by atoms with van der Waals surface area (Å²) in [5, 5.41) is 11.4. The summed E-state index contributed by atoms with van der Waals surface area (Å²) in [4.78, 5) is 24.1. The van der Waals surface area contributed by atoms with Crippen molar-refractivity contribution in [2.24, 2.45) is 5.92 Å². The van der Waals surface area contributed by atoms with Crippen molar-refractivity contribution in [2.45, 2.75) is 13.3 Å². The normalized spacial score (nSPS) is 11.9. The molecule has 0 saturated heterocycles. The van der Waals surface area contributed by atoms with Gasteiger partial charge < -0.3 is 24.8 Å². The van der Waals surface area contributed by atoms with E-state index in [4.69, 9.17) is 14.6 Å². The topological polar surface area (TPSA) is 88.1 Å². The van der Waals surface area contributed by atoms with E-state index in [2.05, 4.69) is 5.32 Å². The SMILES string of the molecule is COCCN(CCOC)C(=O)NCCC(C)C(=O)O. The van der Waals surface area contributed by atoms with Crippen molar-refractivity contribution >= 4 is 12.0 Å². The van der Waals surface area contributed by atoms with E-state index in [1.807, 2.05) is 0 Å². The number of carboxylic acids is 1. The number of nitrogens with zero attached hydrogens (tertiary/aromatic N) is 1. The zero-order valence-corrected chi connectivity index (χ0v) is 11.8. The Morgan fingerprint density at radius 1 is 1.21 bits per heavy atom. The predicted octanol–water partition coefficient (Wildman–Crippen LogP) is 0.402. The molecule has 1 atom stereocenters. The molecule has 0 bridgehead atoms. The summed E-state index contributed by atoms with van der Waals surface area (Å²) >= 11 is 0. The van der Waals surface area contributed by atoms with Crippen LogP contribution in [-0.2, 0) is 14.3 Å². The van der Waals surface area contributed by atoms with Crippen LogP contribution in [0.2, 0.25) is 0 Å². The Bertz CT molecular complexity index is 265. The molecule has 0 aromatic rings. The van der Waals surface area contributed by atoms with Gasteiger partial charge in [-0.25, -0.2) is 4.79 Å². The molecule has 0 aliphatic rings. The van der Waals surface area contributed by atoms with E-state index in [9.17, 15) is 9.59 Å². The molecule has 0 aliphatic heterocycles. The maximum atomic E-state index is 11.9. The van der Waals surface area contributed by atoms with Crippen LogP contribution >= 0.6 is 0 Å². The third-order valence-electron chi connectivity index (χ3n) is 2.69. The zero-order valence-electron chi connectivity index (χ0n) is 11.8. The van der Waals surface area contributed by atoms with Gasteiger partial charge >= 0.3 is 12.0 Å². The van der Waals surface area contributed by atoms with Crippen LogP contribution in [0.5, 0.6) is 0 Å². The number of ether oxygens (including phenoxy) is 2. The van der Waals surface area contributed by atoms with Crippen LogP contribution in [0, 0.1) is 5.92 Å². The molecule has 2 amide bonds. The van der Waals surface area contributed by atoms with Gasteiger partial charge in [-0.3, -0.25) is 4.79 Å². The largest absolute Gasteiger partial charge is 0.481 e. The lowest BCUT2D eigenvalue weighted by Crippen LogP contribution is -2.43. The van der Waals surface area contributed by atoms with Crippen molar-refractivity contribution in [1.82, 2.24) is 10.2 Å². The fraction of sp³-hybridized carbons (Fsp3) is 0.833. The van der Waals surface area contributed by atoms with Gasteiger partial charge in [-0.1, -0.05) is 6.92 Å². The molecule has 0 saturated carbocycles. The molecule has 0 rings (SSSR count). The molecule has 112 valence electrons. The third-order valence-corrected chi connectivity index (χ3v) is 2.69. The predicted molar refractivity (Wildman–Crippen MR) is 70.1 cm³/mol. The second kappa shape index (κ2) is 10.6. The maximum Gasteiger partial charge on any atom is 0.317 e. The number of methoxy groups -OCH3 is 2. The first kappa shape index (κ1) is 17.7. The Kier molecular flexibility index (Phi) is 9.82. The molecule has 7 nitrogen and oxygen atoms in total. The second-order valence-electron chi connectivity index (χ2n) is 4.23. The lowest BCUT2D eigenvalue weighted by Gasteiger charge is -2.22. The lowest BCUT2D eigenvalue weighted by molar-refractivity contribution is -0.141. The molecule has 2 N–H and O–H groups in total. The summed E-state index contributed by atoms with van der Waals surface area (Å²) < 4.78 is 9.87. The van der Waals surface area contributed by atoms with Gasteiger partial charge in [0.1, 0.15) is 0 Å². The van der Waals surface area contributed by atoms with Crippen LogP contribution < -0.4 is 5.32 Å². The fourth-order valence-electron chi connectivity index (χ4n) is 1.35. The van der Waals surface area contributed by atoms with Gasteiger partial charge in [-0.2, -0.15) is 0 Å². The van der Waals surface area contributed by atoms with E-state index in [-0.39, 0.29) is 6.03 Å². The molecule has 0 aromatic heterocycles. The maximum absolute atomic E-state index is 11.9. The highest BCUT2D eigenvalue weighted by Crippen LogP contribution is 2.00. The summed E-state index contributed by atoms with van der Waals surface area (Å²) in [6, 6.07) is -0.230. The molecule has 7 heteroatoms. The van der Waals surface area contributed by atoms with E-state index in [0.29, 0.717) is 39.3 Å². The van der Waals surface area contributed by atoms with E-state index < -0.39 is 11.9 Å². The first-order chi connectivity index (χ1) is 9.02. The molecule has 0 fully saturated rings. The smallest absolute Gasteiger partial charge is 0.317 e. The van der Waals surface area contributed by atoms with Crippen LogP contribution in [0.4, 0.5) is 4.79 Å². The number of carbonyl (C=O) groups excluding carboxylic acids is 1. The van der Waals surface area contributed by atoms with E-state index in [1.165, 1.54) is 0 Å². The Hall–Kier alpha value is -1.34. The van der Waals surface area contributed by atoms with E-state index >= 15 is 0 Å². The number of urea groups is 1. The van der Waals surface area contributed by atoms with Crippen molar-refractivity contribution in [3.63, 3.8) is 0 Å². The number of carbonyl (C=O) groups is 2. The minimum absolute atomic E-state index is 0.230. The molecule has 0 aromatic carbocycles. The first-order valence-electron chi connectivity index (χ1n) is 6.26. The fourth-order valence-corrected chi connectivity index (χ4v) is 1.35. The highest BCUT2D eigenvalue weighted by molar-refractivity contribution is 5.74. The number of rotatable bonds is 10. The molecule has 0 aliphatic carbocycles. The minimum Gasteiger partial charge on any atom is -0.481 e. The Morgan fingerprint density at radius 3 is 2.16 bits per heavy atom. The molecule has 0 heterocycles. The lowest BCUT2D eigenvalue weighted by atomic mass is 10.1. The van der Waals surface area contributed by atoms with Crippen molar-refractivity contribution in [3.8, 4) is 0 Å². The summed E-state index contributed by atoms with van der Waals surface area (Å²) in [7, 11) is 3.14. The average Bonchev–Trinajstić information content (AvgIpc) is 2.38. The highest BCUT2D eigenvalue weighted by atomic mass is 16.5. The van der Waals surface area contributed by atoms with Crippen LogP contribution in [0.3, 0.4) is 0 Å². The molecule has 19 heavy (non-hydrogen) atoms.